The summed E-state index contributed by atoms with van der Waals surface area (Å²) in [4.78, 5) is 8.48. The van der Waals surface area contributed by atoms with Gasteiger partial charge in [-0.25, -0.2) is 4.98 Å². The van der Waals surface area contributed by atoms with E-state index in [1.165, 1.54) is 24.9 Å². The van der Waals surface area contributed by atoms with Crippen molar-refractivity contribution in [1.29, 1.82) is 0 Å². The number of anilines is 2. The lowest BCUT2D eigenvalue weighted by atomic mass is 9.94. The quantitative estimate of drug-likeness (QED) is 0.214. The molecular weight excluding hydrogens is 619 g/mol. The second kappa shape index (κ2) is 11.6. The summed E-state index contributed by atoms with van der Waals surface area (Å²) >= 11 is 0. The molecule has 1 unspecified atom stereocenters. The molecule has 1 aliphatic rings. The summed E-state index contributed by atoms with van der Waals surface area (Å²) in [5, 5.41) is 11.9. The number of tetrazole rings is 1. The number of halogens is 9. The summed E-state index contributed by atoms with van der Waals surface area (Å²) in [5.41, 5.74) is -3.72. The van der Waals surface area contributed by atoms with Gasteiger partial charge in [-0.15, -0.1) is 5.10 Å². The average molecular weight is 647 g/mol. The molecule has 3 heterocycles. The fourth-order valence-electron chi connectivity index (χ4n) is 5.54. The maximum Gasteiger partial charge on any atom is 0.416 e. The van der Waals surface area contributed by atoms with Gasteiger partial charge in [0.05, 0.1) is 36.3 Å². The van der Waals surface area contributed by atoms with Gasteiger partial charge in [-0.3, -0.25) is 0 Å². The van der Waals surface area contributed by atoms with Crippen molar-refractivity contribution in [3.05, 3.63) is 81.9 Å². The van der Waals surface area contributed by atoms with Crippen molar-refractivity contribution >= 4 is 11.6 Å². The van der Waals surface area contributed by atoms with Crippen molar-refractivity contribution in [2.75, 3.05) is 16.3 Å². The first-order valence-corrected chi connectivity index (χ1v) is 13.6. The van der Waals surface area contributed by atoms with Gasteiger partial charge in [0.25, 0.3) is 5.95 Å². The fourth-order valence-corrected chi connectivity index (χ4v) is 5.54. The molecule has 0 bridgehead atoms. The first-order valence-electron chi connectivity index (χ1n) is 13.6. The van der Waals surface area contributed by atoms with Crippen molar-refractivity contribution in [3.8, 4) is 0 Å². The Kier molecular flexibility index (Phi) is 8.24. The second-order valence-corrected chi connectivity index (χ2v) is 10.9. The molecule has 45 heavy (non-hydrogen) atoms. The van der Waals surface area contributed by atoms with E-state index >= 15 is 0 Å². The topological polar surface area (TPSA) is 67.9 Å². The number of benzene rings is 2. The van der Waals surface area contributed by atoms with Gasteiger partial charge in [0, 0.05) is 38.2 Å². The Morgan fingerprint density at radius 2 is 1.56 bits per heavy atom. The highest BCUT2D eigenvalue weighted by Gasteiger charge is 2.39. The van der Waals surface area contributed by atoms with Crippen LogP contribution in [0.4, 0.5) is 51.1 Å². The fraction of sp³-hybridized carbons (Fsp3) is 0.429. The number of aryl methyl sites for hydroxylation is 3. The molecule has 0 saturated carbocycles. The summed E-state index contributed by atoms with van der Waals surface area (Å²) < 4.78 is 126. The standard InChI is InChI=1S/C28H27F9N8/c1-16-9-20-22(5-4-7-44(15-24-38-6-8-42(24)2)23(20)13-21(16)28(35,36)37)45(25-39-41-43(3)40-25)14-17-10-18(26(29,30)31)12-19(11-17)27(32,33)34/h6,8-13,22H,4-5,7,14-15H2,1-3H3. The second-order valence-electron chi connectivity index (χ2n) is 10.9. The predicted octanol–water partition coefficient (Wildman–Crippen LogP) is 6.86. The van der Waals surface area contributed by atoms with Crippen molar-refractivity contribution in [3.63, 3.8) is 0 Å². The van der Waals surface area contributed by atoms with E-state index in [-0.39, 0.29) is 41.8 Å². The number of rotatable bonds is 6. The highest BCUT2D eigenvalue weighted by molar-refractivity contribution is 5.62. The van der Waals surface area contributed by atoms with Gasteiger partial charge >= 0.3 is 18.5 Å². The van der Waals surface area contributed by atoms with E-state index in [2.05, 4.69) is 20.4 Å². The monoisotopic (exact) mass is 646 g/mol. The predicted molar refractivity (Wildman–Crippen MR) is 144 cm³/mol. The molecule has 0 fully saturated rings. The lowest BCUT2D eigenvalue weighted by molar-refractivity contribution is -0.143. The van der Waals surface area contributed by atoms with Crippen LogP contribution in [0.3, 0.4) is 0 Å². The number of fused-ring (bicyclic) bond motifs is 1. The van der Waals surface area contributed by atoms with Gasteiger partial charge in [-0.2, -0.15) is 44.3 Å². The summed E-state index contributed by atoms with van der Waals surface area (Å²) in [6.07, 6.45) is -10.9. The van der Waals surface area contributed by atoms with E-state index in [1.807, 2.05) is 0 Å². The smallest absolute Gasteiger partial charge is 0.364 e. The number of hydrogen-bond donors (Lipinski definition) is 0. The zero-order valence-electron chi connectivity index (χ0n) is 24.1. The zero-order chi connectivity index (χ0) is 32.9. The summed E-state index contributed by atoms with van der Waals surface area (Å²) in [6.45, 7) is 1.21. The molecule has 0 saturated heterocycles. The number of nitrogens with zero attached hydrogens (tertiary/aromatic N) is 8. The van der Waals surface area contributed by atoms with Crippen LogP contribution in [0.25, 0.3) is 0 Å². The van der Waals surface area contributed by atoms with Crippen molar-refractivity contribution in [2.24, 2.45) is 14.1 Å². The third-order valence-electron chi connectivity index (χ3n) is 7.67. The Bertz CT molecular complexity index is 1640. The molecular formula is C28H27F9N8. The molecule has 17 heteroatoms. The summed E-state index contributed by atoms with van der Waals surface area (Å²) in [7, 11) is 3.17. The Morgan fingerprint density at radius 3 is 2.09 bits per heavy atom. The Morgan fingerprint density at radius 1 is 0.889 bits per heavy atom. The zero-order valence-corrected chi connectivity index (χ0v) is 24.1. The van der Waals surface area contributed by atoms with Crippen LogP contribution < -0.4 is 9.80 Å². The molecule has 1 aliphatic heterocycles. The molecule has 2 aromatic carbocycles. The maximum absolute atomic E-state index is 14.1. The van der Waals surface area contributed by atoms with Crippen LogP contribution in [0.2, 0.25) is 0 Å². The first kappa shape index (κ1) is 32.1. The number of alkyl halides is 9. The molecule has 0 spiro atoms. The lowest BCUT2D eigenvalue weighted by Gasteiger charge is -2.33. The molecule has 2 aromatic heterocycles. The molecule has 242 valence electrons. The molecule has 8 nitrogen and oxygen atoms in total. The minimum absolute atomic E-state index is 0.0346. The Labute approximate surface area is 251 Å². The van der Waals surface area contributed by atoms with Crippen molar-refractivity contribution < 1.29 is 39.5 Å². The number of aromatic nitrogens is 6. The molecule has 0 aliphatic carbocycles. The Hall–Kier alpha value is -4.31. The van der Waals surface area contributed by atoms with Gasteiger partial charge in [0.15, 0.2) is 0 Å². The van der Waals surface area contributed by atoms with Gasteiger partial charge in [-0.05, 0) is 65.9 Å². The number of hydrogen-bond acceptors (Lipinski definition) is 6. The van der Waals surface area contributed by atoms with E-state index < -0.39 is 47.8 Å². The van der Waals surface area contributed by atoms with Crippen LogP contribution in [-0.4, -0.2) is 36.3 Å². The Balaban J connectivity index is 1.67. The van der Waals surface area contributed by atoms with Crippen LogP contribution in [-0.2, 0) is 45.7 Å². The molecule has 0 amide bonds. The van der Waals surface area contributed by atoms with Gasteiger partial charge in [0.2, 0.25) is 0 Å². The molecule has 5 rings (SSSR count). The third kappa shape index (κ3) is 6.86. The van der Waals surface area contributed by atoms with Crippen LogP contribution in [0.5, 0.6) is 0 Å². The van der Waals surface area contributed by atoms with Gasteiger partial charge < -0.3 is 14.4 Å². The SMILES string of the molecule is Cc1cc2c(cc1C(F)(F)F)N(Cc1nccn1C)CCCC2N(Cc1cc(C(F)(F)F)cc(C(F)(F)F)c1)c1nnn(C)n1. The van der Waals surface area contributed by atoms with Crippen LogP contribution >= 0.6 is 0 Å². The molecule has 1 atom stereocenters. The van der Waals surface area contributed by atoms with E-state index in [4.69, 9.17) is 0 Å². The van der Waals surface area contributed by atoms with E-state index in [9.17, 15) is 39.5 Å². The van der Waals surface area contributed by atoms with Crippen molar-refractivity contribution in [1.82, 2.24) is 29.8 Å². The van der Waals surface area contributed by atoms with Gasteiger partial charge in [-0.1, -0.05) is 11.2 Å². The molecule has 0 N–H and O–H groups in total. The molecule has 4 aromatic rings. The third-order valence-corrected chi connectivity index (χ3v) is 7.67. The summed E-state index contributed by atoms with van der Waals surface area (Å²) in [5.74, 6) is 0.458. The van der Waals surface area contributed by atoms with E-state index in [0.29, 0.717) is 36.5 Å². The van der Waals surface area contributed by atoms with Crippen molar-refractivity contribution in [2.45, 2.75) is 57.4 Å². The highest BCUT2D eigenvalue weighted by atomic mass is 19.4. The normalized spacial score (nSPS) is 16.1. The van der Waals surface area contributed by atoms with Crippen LogP contribution in [0.15, 0.2) is 42.7 Å². The van der Waals surface area contributed by atoms with E-state index in [0.717, 1.165) is 10.9 Å². The minimum atomic E-state index is -5.07. The first-order chi connectivity index (χ1) is 20.9. The largest absolute Gasteiger partial charge is 0.416 e. The molecule has 0 radical (unpaired) electrons. The average Bonchev–Trinajstić information content (AvgIpc) is 3.50. The van der Waals surface area contributed by atoms with Gasteiger partial charge in [0.1, 0.15) is 5.82 Å². The summed E-state index contributed by atoms with van der Waals surface area (Å²) in [6, 6.07) is 2.80. The van der Waals surface area contributed by atoms with E-state index in [1.54, 1.807) is 28.9 Å². The van der Waals surface area contributed by atoms with Crippen LogP contribution in [0, 0.1) is 6.92 Å². The lowest BCUT2D eigenvalue weighted by Crippen LogP contribution is -2.30. The minimum Gasteiger partial charge on any atom is -0.364 e. The number of imidazole rings is 1. The maximum atomic E-state index is 14.1. The van der Waals surface area contributed by atoms with Crippen LogP contribution in [0.1, 0.15) is 58.1 Å². The highest BCUT2D eigenvalue weighted by Crippen LogP contribution is 2.44.